The monoisotopic (exact) mass is 229 g/mol. The smallest absolute Gasteiger partial charge is 0.127 e. The summed E-state index contributed by atoms with van der Waals surface area (Å²) in [5.41, 5.74) is 5.98. The van der Waals surface area contributed by atoms with Crippen molar-refractivity contribution in [2.45, 2.75) is 32.4 Å². The van der Waals surface area contributed by atoms with Gasteiger partial charge in [0.15, 0.2) is 0 Å². The largest absolute Gasteiger partial charge is 0.488 e. The molecule has 0 radical (unpaired) electrons. The molecule has 0 aliphatic rings. The molecule has 2 rings (SSSR count). The van der Waals surface area contributed by atoms with Crippen LogP contribution in [0.1, 0.15) is 20.3 Å². The average Bonchev–Trinajstić information content (AvgIpc) is 2.38. The fourth-order valence-electron chi connectivity index (χ4n) is 1.92. The lowest BCUT2D eigenvalue weighted by Crippen LogP contribution is -2.35. The van der Waals surface area contributed by atoms with Crippen LogP contribution in [0.4, 0.5) is 0 Å². The Bertz CT molecular complexity index is 490. The molecule has 2 atom stereocenters. The lowest BCUT2D eigenvalue weighted by molar-refractivity contribution is 0.189. The van der Waals surface area contributed by atoms with Gasteiger partial charge in [-0.05, 0) is 24.8 Å². The Morgan fingerprint density at radius 2 is 1.82 bits per heavy atom. The van der Waals surface area contributed by atoms with E-state index in [1.54, 1.807) is 0 Å². The van der Waals surface area contributed by atoms with Gasteiger partial charge >= 0.3 is 0 Å². The van der Waals surface area contributed by atoms with Crippen LogP contribution in [0, 0.1) is 0 Å². The molecule has 0 aliphatic heterocycles. The highest BCUT2D eigenvalue weighted by atomic mass is 16.5. The van der Waals surface area contributed by atoms with Crippen LogP contribution < -0.4 is 10.5 Å². The second-order valence-electron chi connectivity index (χ2n) is 4.37. The van der Waals surface area contributed by atoms with E-state index in [4.69, 9.17) is 10.5 Å². The first-order valence-electron chi connectivity index (χ1n) is 6.12. The summed E-state index contributed by atoms with van der Waals surface area (Å²) in [7, 11) is 0. The van der Waals surface area contributed by atoms with Crippen molar-refractivity contribution in [3.8, 4) is 5.75 Å². The number of fused-ring (bicyclic) bond motifs is 1. The lowest BCUT2D eigenvalue weighted by Gasteiger charge is -2.21. The molecule has 2 N–H and O–H groups in total. The maximum Gasteiger partial charge on any atom is 0.127 e. The fraction of sp³-hybridized carbons (Fsp3) is 0.333. The highest BCUT2D eigenvalue weighted by Gasteiger charge is 2.13. The van der Waals surface area contributed by atoms with Gasteiger partial charge < -0.3 is 10.5 Å². The van der Waals surface area contributed by atoms with Gasteiger partial charge in [-0.15, -0.1) is 0 Å². The minimum atomic E-state index is 0.0332. The molecule has 2 unspecified atom stereocenters. The van der Waals surface area contributed by atoms with E-state index in [0.29, 0.717) is 0 Å². The van der Waals surface area contributed by atoms with E-state index in [9.17, 15) is 0 Å². The lowest BCUT2D eigenvalue weighted by atomic mass is 10.1. The SMILES string of the molecule is CCC(N)C(C)Oc1cccc2ccccc12. The number of hydrogen-bond acceptors (Lipinski definition) is 2. The number of hydrogen-bond donors (Lipinski definition) is 1. The number of rotatable bonds is 4. The van der Waals surface area contributed by atoms with Gasteiger partial charge in [-0.1, -0.05) is 43.3 Å². The third-order valence-electron chi connectivity index (χ3n) is 3.14. The Morgan fingerprint density at radius 1 is 1.12 bits per heavy atom. The van der Waals surface area contributed by atoms with Crippen molar-refractivity contribution in [2.24, 2.45) is 5.73 Å². The predicted molar refractivity (Wildman–Crippen MR) is 72.3 cm³/mol. The third kappa shape index (κ3) is 2.59. The van der Waals surface area contributed by atoms with E-state index in [1.165, 1.54) is 5.39 Å². The predicted octanol–water partition coefficient (Wildman–Crippen LogP) is 3.34. The third-order valence-corrected chi connectivity index (χ3v) is 3.14. The Hall–Kier alpha value is -1.54. The van der Waals surface area contributed by atoms with Crippen molar-refractivity contribution >= 4 is 10.8 Å². The molecule has 0 heterocycles. The van der Waals surface area contributed by atoms with Gasteiger partial charge in [-0.3, -0.25) is 0 Å². The van der Waals surface area contributed by atoms with Gasteiger partial charge in [-0.25, -0.2) is 0 Å². The molecular formula is C15H19NO. The molecular weight excluding hydrogens is 210 g/mol. The van der Waals surface area contributed by atoms with Gasteiger partial charge in [0.1, 0.15) is 11.9 Å². The van der Waals surface area contributed by atoms with Crippen molar-refractivity contribution < 1.29 is 4.74 Å². The summed E-state index contributed by atoms with van der Waals surface area (Å²) < 4.78 is 5.96. The molecule has 0 amide bonds. The second kappa shape index (κ2) is 5.19. The topological polar surface area (TPSA) is 35.2 Å². The van der Waals surface area contributed by atoms with Crippen LogP contribution in [0.3, 0.4) is 0 Å². The van der Waals surface area contributed by atoms with Gasteiger partial charge in [-0.2, -0.15) is 0 Å². The van der Waals surface area contributed by atoms with Crippen LogP contribution in [0.15, 0.2) is 42.5 Å². The molecule has 0 spiro atoms. The standard InChI is InChI=1S/C15H19NO/c1-3-14(16)11(2)17-15-10-6-8-12-7-4-5-9-13(12)15/h4-11,14H,3,16H2,1-2H3. The minimum absolute atomic E-state index is 0.0332. The van der Waals surface area contributed by atoms with Crippen LogP contribution in [-0.4, -0.2) is 12.1 Å². The van der Waals surface area contributed by atoms with E-state index in [-0.39, 0.29) is 12.1 Å². The Morgan fingerprint density at radius 3 is 2.59 bits per heavy atom. The van der Waals surface area contributed by atoms with Crippen LogP contribution >= 0.6 is 0 Å². The van der Waals surface area contributed by atoms with Gasteiger partial charge in [0.2, 0.25) is 0 Å². The zero-order valence-corrected chi connectivity index (χ0v) is 10.4. The highest BCUT2D eigenvalue weighted by Crippen LogP contribution is 2.26. The molecule has 2 heteroatoms. The summed E-state index contributed by atoms with van der Waals surface area (Å²) in [5.74, 6) is 0.916. The number of nitrogens with two attached hydrogens (primary N) is 1. The van der Waals surface area contributed by atoms with E-state index in [1.807, 2.05) is 31.2 Å². The van der Waals surface area contributed by atoms with Crippen molar-refractivity contribution in [3.63, 3.8) is 0 Å². The molecule has 17 heavy (non-hydrogen) atoms. The number of benzene rings is 2. The van der Waals surface area contributed by atoms with E-state index in [0.717, 1.165) is 17.6 Å². The maximum atomic E-state index is 5.98. The average molecular weight is 229 g/mol. The molecule has 0 aliphatic carbocycles. The molecule has 0 saturated carbocycles. The summed E-state index contributed by atoms with van der Waals surface area (Å²) in [6.07, 6.45) is 0.956. The summed E-state index contributed by atoms with van der Waals surface area (Å²) in [6.45, 7) is 4.10. The van der Waals surface area contributed by atoms with E-state index in [2.05, 4.69) is 25.1 Å². The molecule has 0 fully saturated rings. The van der Waals surface area contributed by atoms with E-state index < -0.39 is 0 Å². The number of ether oxygens (including phenoxy) is 1. The molecule has 0 bridgehead atoms. The molecule has 90 valence electrons. The minimum Gasteiger partial charge on any atom is -0.488 e. The highest BCUT2D eigenvalue weighted by molar-refractivity contribution is 5.88. The first kappa shape index (κ1) is 11.9. The van der Waals surface area contributed by atoms with Crippen molar-refractivity contribution in [3.05, 3.63) is 42.5 Å². The van der Waals surface area contributed by atoms with Crippen LogP contribution in [0.25, 0.3) is 10.8 Å². The molecule has 2 nitrogen and oxygen atoms in total. The normalized spacial score (nSPS) is 14.5. The van der Waals surface area contributed by atoms with Crippen molar-refractivity contribution in [1.29, 1.82) is 0 Å². The zero-order valence-electron chi connectivity index (χ0n) is 10.4. The van der Waals surface area contributed by atoms with Crippen molar-refractivity contribution in [2.75, 3.05) is 0 Å². The van der Waals surface area contributed by atoms with Gasteiger partial charge in [0, 0.05) is 11.4 Å². The van der Waals surface area contributed by atoms with Crippen LogP contribution in [-0.2, 0) is 0 Å². The Labute approximate surface area is 102 Å². The summed E-state index contributed by atoms with van der Waals surface area (Å²) in [6, 6.07) is 14.4. The first-order valence-corrected chi connectivity index (χ1v) is 6.12. The summed E-state index contributed by atoms with van der Waals surface area (Å²) >= 11 is 0. The van der Waals surface area contributed by atoms with Crippen molar-refractivity contribution in [1.82, 2.24) is 0 Å². The molecule has 2 aromatic rings. The zero-order chi connectivity index (χ0) is 12.3. The fourth-order valence-corrected chi connectivity index (χ4v) is 1.92. The van der Waals surface area contributed by atoms with Crippen LogP contribution in [0.2, 0.25) is 0 Å². The van der Waals surface area contributed by atoms with Crippen LogP contribution in [0.5, 0.6) is 5.75 Å². The quantitative estimate of drug-likeness (QED) is 0.872. The first-order chi connectivity index (χ1) is 8.22. The summed E-state index contributed by atoms with van der Waals surface area (Å²) in [5, 5.41) is 2.34. The Balaban J connectivity index is 2.30. The van der Waals surface area contributed by atoms with E-state index >= 15 is 0 Å². The van der Waals surface area contributed by atoms with Gasteiger partial charge in [0.05, 0.1) is 0 Å². The summed E-state index contributed by atoms with van der Waals surface area (Å²) in [4.78, 5) is 0. The molecule has 0 saturated heterocycles. The molecule has 2 aromatic carbocycles. The Kier molecular flexibility index (Phi) is 3.64. The van der Waals surface area contributed by atoms with Gasteiger partial charge in [0.25, 0.3) is 0 Å². The second-order valence-corrected chi connectivity index (χ2v) is 4.37. The molecule has 0 aromatic heterocycles. The maximum absolute atomic E-state index is 5.98.